The van der Waals surface area contributed by atoms with Crippen molar-refractivity contribution in [3.8, 4) is 6.07 Å². The number of carbonyl (C=O) groups is 1. The number of nitriles is 1. The van der Waals surface area contributed by atoms with Gasteiger partial charge in [-0.2, -0.15) is 5.26 Å². The van der Waals surface area contributed by atoms with Crippen LogP contribution in [-0.4, -0.2) is 5.91 Å². The third-order valence-corrected chi connectivity index (χ3v) is 2.84. The Kier molecular flexibility index (Phi) is 3.69. The summed E-state index contributed by atoms with van der Waals surface area (Å²) in [5.74, 6) is -0.404. The number of nitrogens with zero attached hydrogens (tertiary/aromatic N) is 1. The Bertz CT molecular complexity index is 656. The summed E-state index contributed by atoms with van der Waals surface area (Å²) in [5.41, 5.74) is 7.25. The molecule has 0 radical (unpaired) electrons. The van der Waals surface area contributed by atoms with E-state index in [9.17, 15) is 4.79 Å². The minimum atomic E-state index is -0.404. The van der Waals surface area contributed by atoms with Gasteiger partial charge in [-0.3, -0.25) is 4.79 Å². The van der Waals surface area contributed by atoms with Gasteiger partial charge in [0, 0.05) is 11.4 Å². The van der Waals surface area contributed by atoms with Crippen LogP contribution in [0.25, 0.3) is 0 Å². The average Bonchev–Trinajstić information content (AvgIpc) is 2.38. The van der Waals surface area contributed by atoms with E-state index in [0.29, 0.717) is 16.9 Å². The molecule has 0 fully saturated rings. The number of halogens is 1. The molecule has 0 aliphatic rings. The SMILES string of the molecule is N#Cc1cccc(NC(=O)c2c(N)cccc2Cl)c1. The minimum absolute atomic E-state index is 0.228. The average molecular weight is 272 g/mol. The Morgan fingerprint density at radius 3 is 2.68 bits per heavy atom. The monoisotopic (exact) mass is 271 g/mol. The highest BCUT2D eigenvalue weighted by molar-refractivity contribution is 6.35. The number of carbonyl (C=O) groups excluding carboxylic acids is 1. The molecule has 94 valence electrons. The van der Waals surface area contributed by atoms with Crippen LogP contribution in [0.1, 0.15) is 15.9 Å². The summed E-state index contributed by atoms with van der Waals surface area (Å²) < 4.78 is 0. The van der Waals surface area contributed by atoms with E-state index in [4.69, 9.17) is 22.6 Å². The van der Waals surface area contributed by atoms with E-state index in [1.165, 1.54) is 0 Å². The van der Waals surface area contributed by atoms with Crippen molar-refractivity contribution in [3.63, 3.8) is 0 Å². The zero-order chi connectivity index (χ0) is 13.8. The fraction of sp³-hybridized carbons (Fsp3) is 0. The van der Waals surface area contributed by atoms with E-state index in [1.807, 2.05) is 6.07 Å². The highest BCUT2D eigenvalue weighted by Crippen LogP contribution is 2.23. The predicted molar refractivity (Wildman–Crippen MR) is 75.0 cm³/mol. The first kappa shape index (κ1) is 12.9. The largest absolute Gasteiger partial charge is 0.398 e. The summed E-state index contributed by atoms with van der Waals surface area (Å²) >= 11 is 5.96. The number of anilines is 2. The highest BCUT2D eigenvalue weighted by Gasteiger charge is 2.14. The number of nitrogens with two attached hydrogens (primary N) is 1. The predicted octanol–water partition coefficient (Wildman–Crippen LogP) is 3.05. The molecule has 19 heavy (non-hydrogen) atoms. The van der Waals surface area contributed by atoms with Crippen molar-refractivity contribution in [2.45, 2.75) is 0 Å². The molecule has 0 atom stereocenters. The molecule has 0 aliphatic carbocycles. The van der Waals surface area contributed by atoms with Gasteiger partial charge in [0.25, 0.3) is 5.91 Å². The van der Waals surface area contributed by atoms with Crippen LogP contribution in [0.15, 0.2) is 42.5 Å². The quantitative estimate of drug-likeness (QED) is 0.824. The lowest BCUT2D eigenvalue weighted by Crippen LogP contribution is -2.14. The lowest BCUT2D eigenvalue weighted by atomic mass is 10.1. The van der Waals surface area contributed by atoms with Gasteiger partial charge in [-0.1, -0.05) is 23.7 Å². The van der Waals surface area contributed by atoms with Crippen LogP contribution < -0.4 is 11.1 Å². The summed E-state index contributed by atoms with van der Waals surface area (Å²) in [6.45, 7) is 0. The van der Waals surface area contributed by atoms with Gasteiger partial charge < -0.3 is 11.1 Å². The van der Waals surface area contributed by atoms with Crippen molar-refractivity contribution >= 4 is 28.9 Å². The second kappa shape index (κ2) is 5.42. The Morgan fingerprint density at radius 1 is 1.26 bits per heavy atom. The third-order valence-electron chi connectivity index (χ3n) is 2.52. The lowest BCUT2D eigenvalue weighted by molar-refractivity contribution is 0.102. The summed E-state index contributed by atoms with van der Waals surface area (Å²) in [6.07, 6.45) is 0. The summed E-state index contributed by atoms with van der Waals surface area (Å²) in [6, 6.07) is 13.5. The fourth-order valence-electron chi connectivity index (χ4n) is 1.64. The second-order valence-electron chi connectivity index (χ2n) is 3.85. The van der Waals surface area contributed by atoms with Gasteiger partial charge >= 0.3 is 0 Å². The first-order valence-electron chi connectivity index (χ1n) is 5.47. The molecule has 0 aliphatic heterocycles. The van der Waals surface area contributed by atoms with Gasteiger partial charge in [-0.05, 0) is 30.3 Å². The van der Waals surface area contributed by atoms with Crippen LogP contribution in [0.4, 0.5) is 11.4 Å². The molecular weight excluding hydrogens is 262 g/mol. The zero-order valence-electron chi connectivity index (χ0n) is 9.85. The molecular formula is C14H10ClN3O. The van der Waals surface area contributed by atoms with Crippen molar-refractivity contribution in [2.75, 3.05) is 11.1 Å². The number of amides is 1. The second-order valence-corrected chi connectivity index (χ2v) is 4.26. The number of benzene rings is 2. The molecule has 0 spiro atoms. The smallest absolute Gasteiger partial charge is 0.259 e. The Hall–Kier alpha value is -2.51. The normalized spacial score (nSPS) is 9.68. The molecule has 4 nitrogen and oxygen atoms in total. The van der Waals surface area contributed by atoms with Gasteiger partial charge in [-0.25, -0.2) is 0 Å². The molecule has 5 heteroatoms. The zero-order valence-corrected chi connectivity index (χ0v) is 10.6. The summed E-state index contributed by atoms with van der Waals surface area (Å²) in [4.78, 5) is 12.1. The first-order chi connectivity index (χ1) is 9.11. The van der Waals surface area contributed by atoms with Gasteiger partial charge in [0.05, 0.1) is 22.2 Å². The first-order valence-corrected chi connectivity index (χ1v) is 5.85. The molecule has 0 saturated carbocycles. The molecule has 2 aromatic carbocycles. The molecule has 0 aromatic heterocycles. The summed E-state index contributed by atoms with van der Waals surface area (Å²) in [5, 5.41) is 11.7. The maximum absolute atomic E-state index is 12.1. The number of nitrogen functional groups attached to an aromatic ring is 1. The standard InChI is InChI=1S/C14H10ClN3O/c15-11-5-2-6-12(17)13(11)14(19)18-10-4-1-3-9(7-10)8-16/h1-7H,17H2,(H,18,19). The Balaban J connectivity index is 2.29. The van der Waals surface area contributed by atoms with Crippen molar-refractivity contribution in [1.82, 2.24) is 0 Å². The maximum Gasteiger partial charge on any atom is 0.259 e. The molecule has 3 N–H and O–H groups in total. The van der Waals surface area contributed by atoms with Crippen molar-refractivity contribution in [1.29, 1.82) is 5.26 Å². The van der Waals surface area contributed by atoms with Gasteiger partial charge in [-0.15, -0.1) is 0 Å². The van der Waals surface area contributed by atoms with E-state index < -0.39 is 5.91 Å². The summed E-state index contributed by atoms with van der Waals surface area (Å²) in [7, 11) is 0. The fourth-order valence-corrected chi connectivity index (χ4v) is 1.91. The lowest BCUT2D eigenvalue weighted by Gasteiger charge is -2.09. The Labute approximate surface area is 115 Å². The van der Waals surface area contributed by atoms with Crippen LogP contribution in [0.2, 0.25) is 5.02 Å². The van der Waals surface area contributed by atoms with Crippen LogP contribution in [0.5, 0.6) is 0 Å². The van der Waals surface area contributed by atoms with Gasteiger partial charge in [0.15, 0.2) is 0 Å². The molecule has 0 bridgehead atoms. The van der Waals surface area contributed by atoms with Crippen LogP contribution in [-0.2, 0) is 0 Å². The Morgan fingerprint density at radius 2 is 2.00 bits per heavy atom. The molecule has 0 heterocycles. The number of hydrogen-bond donors (Lipinski definition) is 2. The molecule has 0 unspecified atom stereocenters. The van der Waals surface area contributed by atoms with Gasteiger partial charge in [0.1, 0.15) is 0 Å². The third kappa shape index (κ3) is 2.84. The topological polar surface area (TPSA) is 78.9 Å². The van der Waals surface area contributed by atoms with Crippen LogP contribution in [0, 0.1) is 11.3 Å². The highest BCUT2D eigenvalue weighted by atomic mass is 35.5. The number of rotatable bonds is 2. The number of hydrogen-bond acceptors (Lipinski definition) is 3. The molecule has 0 saturated heterocycles. The van der Waals surface area contributed by atoms with E-state index in [0.717, 1.165) is 0 Å². The maximum atomic E-state index is 12.1. The molecule has 2 rings (SSSR count). The van der Waals surface area contributed by atoms with E-state index in [1.54, 1.807) is 42.5 Å². The molecule has 2 aromatic rings. The number of nitrogens with one attached hydrogen (secondary N) is 1. The van der Waals surface area contributed by atoms with Crippen LogP contribution in [0.3, 0.4) is 0 Å². The van der Waals surface area contributed by atoms with E-state index >= 15 is 0 Å². The van der Waals surface area contributed by atoms with Crippen LogP contribution >= 0.6 is 11.6 Å². The van der Waals surface area contributed by atoms with Gasteiger partial charge in [0.2, 0.25) is 0 Å². The van der Waals surface area contributed by atoms with E-state index in [2.05, 4.69) is 5.32 Å². The van der Waals surface area contributed by atoms with Crippen molar-refractivity contribution in [2.24, 2.45) is 0 Å². The van der Waals surface area contributed by atoms with Crippen molar-refractivity contribution in [3.05, 3.63) is 58.6 Å². The molecule has 1 amide bonds. The van der Waals surface area contributed by atoms with E-state index in [-0.39, 0.29) is 10.6 Å². The minimum Gasteiger partial charge on any atom is -0.398 e. The van der Waals surface area contributed by atoms with Crippen molar-refractivity contribution < 1.29 is 4.79 Å².